The van der Waals surface area contributed by atoms with Crippen molar-refractivity contribution in [2.45, 2.75) is 38.6 Å². The maximum absolute atomic E-state index is 12.0. The van der Waals surface area contributed by atoms with Crippen molar-refractivity contribution in [3.05, 3.63) is 28.8 Å². The fraction of sp³-hybridized carbons (Fsp3) is 0.562. The fourth-order valence-electron chi connectivity index (χ4n) is 2.85. The average Bonchev–Trinajstić information content (AvgIpc) is 2.47. The largest absolute Gasteiger partial charge is 0.484 e. The van der Waals surface area contributed by atoms with Gasteiger partial charge >= 0.3 is 0 Å². The van der Waals surface area contributed by atoms with E-state index >= 15 is 0 Å². The maximum Gasteiger partial charge on any atom is 0.258 e. The topological polar surface area (TPSA) is 64.3 Å². The molecule has 3 N–H and O–H groups in total. The molecule has 2 unspecified atom stereocenters. The monoisotopic (exact) mass is 310 g/mol. The number of nitrogens with one attached hydrogen (secondary N) is 1. The Bertz CT molecular complexity index is 493. The van der Waals surface area contributed by atoms with E-state index in [1.165, 1.54) is 6.42 Å². The molecule has 2 atom stereocenters. The molecule has 21 heavy (non-hydrogen) atoms. The average molecular weight is 311 g/mol. The van der Waals surface area contributed by atoms with Crippen molar-refractivity contribution >= 4 is 17.5 Å². The molecule has 1 aromatic carbocycles. The second-order valence-corrected chi connectivity index (χ2v) is 6.09. The highest BCUT2D eigenvalue weighted by Gasteiger charge is 2.25. The summed E-state index contributed by atoms with van der Waals surface area (Å²) in [5, 5.41) is 3.72. The first-order chi connectivity index (χ1) is 10.1. The van der Waals surface area contributed by atoms with Crippen molar-refractivity contribution in [1.82, 2.24) is 5.32 Å². The molecular weight excluding hydrogens is 288 g/mol. The molecular formula is C16H23ClN2O2. The molecule has 1 aromatic rings. The third kappa shape index (κ3) is 4.61. The quantitative estimate of drug-likeness (QED) is 0.879. The first-order valence-electron chi connectivity index (χ1n) is 7.48. The molecule has 1 fully saturated rings. The van der Waals surface area contributed by atoms with Crippen molar-refractivity contribution in [3.8, 4) is 5.75 Å². The van der Waals surface area contributed by atoms with Gasteiger partial charge in [0.2, 0.25) is 0 Å². The zero-order chi connectivity index (χ0) is 15.2. The van der Waals surface area contributed by atoms with Crippen molar-refractivity contribution in [1.29, 1.82) is 0 Å². The van der Waals surface area contributed by atoms with E-state index in [0.29, 0.717) is 23.2 Å². The first kappa shape index (κ1) is 16.1. The van der Waals surface area contributed by atoms with Gasteiger partial charge in [-0.25, -0.2) is 0 Å². The van der Waals surface area contributed by atoms with Gasteiger partial charge in [-0.3, -0.25) is 4.79 Å². The Balaban J connectivity index is 1.84. The lowest BCUT2D eigenvalue weighted by Gasteiger charge is -2.31. The third-order valence-corrected chi connectivity index (χ3v) is 4.29. The number of carbonyl (C=O) groups excluding carboxylic acids is 1. The lowest BCUT2D eigenvalue weighted by atomic mass is 9.84. The second kappa shape index (κ2) is 7.66. The van der Waals surface area contributed by atoms with E-state index < -0.39 is 0 Å². The van der Waals surface area contributed by atoms with E-state index in [4.69, 9.17) is 22.1 Å². The second-order valence-electron chi connectivity index (χ2n) is 5.65. The number of halogens is 1. The first-order valence-corrected chi connectivity index (χ1v) is 7.86. The molecule has 0 aliphatic heterocycles. The van der Waals surface area contributed by atoms with E-state index in [9.17, 15) is 4.79 Å². The summed E-state index contributed by atoms with van der Waals surface area (Å²) in [6.07, 6.45) is 4.46. The van der Waals surface area contributed by atoms with Crippen molar-refractivity contribution < 1.29 is 9.53 Å². The van der Waals surface area contributed by atoms with Crippen LogP contribution in [0.3, 0.4) is 0 Å². The van der Waals surface area contributed by atoms with Gasteiger partial charge in [-0.2, -0.15) is 0 Å². The summed E-state index contributed by atoms with van der Waals surface area (Å²) in [6, 6.07) is 5.55. The van der Waals surface area contributed by atoms with E-state index in [2.05, 4.69) is 5.32 Å². The van der Waals surface area contributed by atoms with Crippen LogP contribution in [0.5, 0.6) is 5.75 Å². The molecule has 1 saturated carbocycles. The number of hydrogen-bond acceptors (Lipinski definition) is 3. The van der Waals surface area contributed by atoms with Crippen LogP contribution in [0.1, 0.15) is 31.2 Å². The molecule has 2 rings (SSSR count). The SMILES string of the molecule is Cc1cc(Cl)ccc1OCC(=O)NC1CCCCC1CN. The Morgan fingerprint density at radius 2 is 2.19 bits per heavy atom. The van der Waals surface area contributed by atoms with Gasteiger partial charge in [-0.05, 0) is 56.0 Å². The number of amides is 1. The summed E-state index contributed by atoms with van der Waals surface area (Å²) >= 11 is 5.89. The molecule has 0 heterocycles. The molecule has 1 aliphatic rings. The Kier molecular flexibility index (Phi) is 5.88. The van der Waals surface area contributed by atoms with Crippen LogP contribution in [-0.4, -0.2) is 25.1 Å². The highest BCUT2D eigenvalue weighted by Crippen LogP contribution is 2.24. The van der Waals surface area contributed by atoms with Crippen LogP contribution in [0.2, 0.25) is 5.02 Å². The molecule has 0 bridgehead atoms. The smallest absolute Gasteiger partial charge is 0.258 e. The Morgan fingerprint density at radius 3 is 2.90 bits per heavy atom. The number of carbonyl (C=O) groups is 1. The number of aryl methyl sites for hydroxylation is 1. The van der Waals surface area contributed by atoms with Gasteiger partial charge in [0, 0.05) is 11.1 Å². The molecule has 4 nitrogen and oxygen atoms in total. The molecule has 116 valence electrons. The van der Waals surface area contributed by atoms with Gasteiger partial charge < -0.3 is 15.8 Å². The van der Waals surface area contributed by atoms with Crippen LogP contribution in [0.25, 0.3) is 0 Å². The normalized spacial score (nSPS) is 21.9. The molecule has 0 aromatic heterocycles. The Morgan fingerprint density at radius 1 is 1.43 bits per heavy atom. The summed E-state index contributed by atoms with van der Waals surface area (Å²) in [5.74, 6) is 0.989. The van der Waals surface area contributed by atoms with Gasteiger partial charge in [0.1, 0.15) is 5.75 Å². The van der Waals surface area contributed by atoms with Crippen LogP contribution >= 0.6 is 11.6 Å². The highest BCUT2D eigenvalue weighted by atomic mass is 35.5. The van der Waals surface area contributed by atoms with E-state index in [-0.39, 0.29) is 18.6 Å². The summed E-state index contributed by atoms with van der Waals surface area (Å²) in [4.78, 5) is 12.0. The van der Waals surface area contributed by atoms with E-state index in [0.717, 1.165) is 24.8 Å². The van der Waals surface area contributed by atoms with Crippen molar-refractivity contribution in [3.63, 3.8) is 0 Å². The van der Waals surface area contributed by atoms with Gasteiger partial charge in [-0.1, -0.05) is 24.4 Å². The number of benzene rings is 1. The molecule has 0 radical (unpaired) electrons. The zero-order valence-corrected chi connectivity index (χ0v) is 13.2. The van der Waals surface area contributed by atoms with Crippen LogP contribution < -0.4 is 15.8 Å². The van der Waals surface area contributed by atoms with E-state index in [1.807, 2.05) is 13.0 Å². The molecule has 5 heteroatoms. The molecule has 1 aliphatic carbocycles. The number of hydrogen-bond donors (Lipinski definition) is 2. The number of rotatable bonds is 5. The minimum Gasteiger partial charge on any atom is -0.484 e. The third-order valence-electron chi connectivity index (χ3n) is 4.05. The summed E-state index contributed by atoms with van der Waals surface area (Å²) in [6.45, 7) is 2.56. The standard InChI is InChI=1S/C16H23ClN2O2/c1-11-8-13(17)6-7-15(11)21-10-16(20)19-14-5-3-2-4-12(14)9-18/h6-8,12,14H,2-5,9-10,18H2,1H3,(H,19,20). The minimum absolute atomic E-state index is 0.0241. The molecule has 0 saturated heterocycles. The van der Waals surface area contributed by atoms with Crippen molar-refractivity contribution in [2.75, 3.05) is 13.2 Å². The Hall–Kier alpha value is -1.26. The predicted octanol–water partition coefficient (Wildman–Crippen LogP) is 2.66. The van der Waals surface area contributed by atoms with Gasteiger partial charge in [-0.15, -0.1) is 0 Å². The van der Waals surface area contributed by atoms with E-state index in [1.54, 1.807) is 12.1 Å². The Labute approximate surface area is 131 Å². The van der Waals surface area contributed by atoms with Gasteiger partial charge in [0.25, 0.3) is 5.91 Å². The molecule has 0 spiro atoms. The lowest BCUT2D eigenvalue weighted by molar-refractivity contribution is -0.124. The number of nitrogens with two attached hydrogens (primary N) is 1. The minimum atomic E-state index is -0.0882. The molecule has 1 amide bonds. The summed E-state index contributed by atoms with van der Waals surface area (Å²) in [5.41, 5.74) is 6.70. The fourth-order valence-corrected chi connectivity index (χ4v) is 3.07. The van der Waals surface area contributed by atoms with Crippen molar-refractivity contribution in [2.24, 2.45) is 11.7 Å². The van der Waals surface area contributed by atoms with Gasteiger partial charge in [0.05, 0.1) is 0 Å². The lowest BCUT2D eigenvalue weighted by Crippen LogP contribution is -2.46. The zero-order valence-electron chi connectivity index (χ0n) is 12.4. The van der Waals surface area contributed by atoms with Crippen LogP contribution in [-0.2, 0) is 4.79 Å². The predicted molar refractivity (Wildman–Crippen MR) is 84.6 cm³/mol. The van der Waals surface area contributed by atoms with Crippen LogP contribution in [0.4, 0.5) is 0 Å². The number of ether oxygens (including phenoxy) is 1. The summed E-state index contributed by atoms with van der Waals surface area (Å²) in [7, 11) is 0. The summed E-state index contributed by atoms with van der Waals surface area (Å²) < 4.78 is 5.56. The van der Waals surface area contributed by atoms with Crippen LogP contribution in [0, 0.1) is 12.8 Å². The maximum atomic E-state index is 12.0. The van der Waals surface area contributed by atoms with Crippen LogP contribution in [0.15, 0.2) is 18.2 Å². The van der Waals surface area contributed by atoms with Gasteiger partial charge in [0.15, 0.2) is 6.61 Å². The highest BCUT2D eigenvalue weighted by molar-refractivity contribution is 6.30.